The summed E-state index contributed by atoms with van der Waals surface area (Å²) in [5.41, 5.74) is 8.26. The zero-order valence-corrected chi connectivity index (χ0v) is 22.6. The smallest absolute Gasteiger partial charge is 0.407 e. The van der Waals surface area contributed by atoms with Gasteiger partial charge in [-0.3, -0.25) is 4.79 Å². The van der Waals surface area contributed by atoms with E-state index in [1.165, 1.54) is 7.11 Å². The molecule has 0 heterocycles. The van der Waals surface area contributed by atoms with Gasteiger partial charge in [-0.05, 0) is 39.5 Å². The van der Waals surface area contributed by atoms with Crippen molar-refractivity contribution in [2.45, 2.75) is 90.8 Å². The monoisotopic (exact) mass is 596 g/mol. The quantitative estimate of drug-likeness (QED) is 0.411. The van der Waals surface area contributed by atoms with Crippen molar-refractivity contribution in [1.29, 1.82) is 0 Å². The van der Waals surface area contributed by atoms with E-state index in [9.17, 15) is 9.59 Å². The maximum atomic E-state index is 12.2. The molecule has 2 N–H and O–H groups in total. The van der Waals surface area contributed by atoms with Crippen LogP contribution in [0.15, 0.2) is 0 Å². The molecule has 0 saturated heterocycles. The number of alkyl carbamates (subject to hydrolysis) is 1. The van der Waals surface area contributed by atoms with Gasteiger partial charge in [-0.2, -0.15) is 0 Å². The van der Waals surface area contributed by atoms with Crippen LogP contribution in [0, 0.1) is 61.8 Å². The number of ether oxygens (including phenoxy) is 2. The van der Waals surface area contributed by atoms with Gasteiger partial charge in [-0.1, -0.05) is 45.4 Å². The second-order valence-electron chi connectivity index (χ2n) is 8.47. The van der Waals surface area contributed by atoms with Gasteiger partial charge in [0.2, 0.25) is 0 Å². The Morgan fingerprint density at radius 2 is 1.70 bits per heavy atom. The SMILES string of the molecule is CCCC(CCC)C([NH-])[C@@H]1C[C@@H](C(=O)OC)C[C@H]1NC(=O)OC(C)(C)C.[Ac]. The first-order chi connectivity index (χ1) is 12.1. The molecule has 0 aromatic heterocycles. The largest absolute Gasteiger partial charge is 0.674 e. The second-order valence-corrected chi connectivity index (χ2v) is 8.47. The maximum absolute atomic E-state index is 12.2. The van der Waals surface area contributed by atoms with E-state index < -0.39 is 11.7 Å². The molecule has 4 atom stereocenters. The molecule has 1 unspecified atom stereocenters. The number of hydrogen-bond acceptors (Lipinski definition) is 4. The fourth-order valence-corrected chi connectivity index (χ4v) is 4.05. The van der Waals surface area contributed by atoms with Crippen LogP contribution in [-0.2, 0) is 14.3 Å². The third kappa shape index (κ3) is 9.00. The fraction of sp³-hybridized carbons (Fsp3) is 0.900. The molecule has 1 radical (unpaired) electrons. The van der Waals surface area contributed by atoms with Gasteiger partial charge in [0.05, 0.1) is 13.0 Å². The molecule has 1 aliphatic rings. The normalized spacial score (nSPS) is 23.5. The minimum absolute atomic E-state index is 0. The number of nitrogens with one attached hydrogen (secondary N) is 2. The van der Waals surface area contributed by atoms with E-state index in [2.05, 4.69) is 19.2 Å². The molecule has 0 aromatic carbocycles. The first-order valence-electron chi connectivity index (χ1n) is 9.91. The average Bonchev–Trinajstić information content (AvgIpc) is 2.95. The molecule has 1 saturated carbocycles. The van der Waals surface area contributed by atoms with Gasteiger partial charge in [-0.15, -0.1) is 6.04 Å². The minimum Gasteiger partial charge on any atom is -0.674 e. The van der Waals surface area contributed by atoms with Crippen LogP contribution in [0.4, 0.5) is 4.79 Å². The Balaban J connectivity index is 0.00000676. The topological polar surface area (TPSA) is 88.4 Å². The van der Waals surface area contributed by atoms with Gasteiger partial charge in [0.25, 0.3) is 0 Å². The van der Waals surface area contributed by atoms with Gasteiger partial charge in [0, 0.05) is 50.1 Å². The van der Waals surface area contributed by atoms with Crippen LogP contribution >= 0.6 is 0 Å². The molecular formula is C20H37AcN2O4-. The summed E-state index contributed by atoms with van der Waals surface area (Å²) < 4.78 is 10.3. The predicted molar refractivity (Wildman–Crippen MR) is 103 cm³/mol. The molecule has 0 bridgehead atoms. The summed E-state index contributed by atoms with van der Waals surface area (Å²) in [4.78, 5) is 24.3. The number of esters is 1. The van der Waals surface area contributed by atoms with Crippen LogP contribution in [0.2, 0.25) is 0 Å². The van der Waals surface area contributed by atoms with E-state index in [-0.39, 0.29) is 79.9 Å². The average molecular weight is 597 g/mol. The number of carbonyl (C=O) groups excluding carboxylic acids is 2. The van der Waals surface area contributed by atoms with Crippen molar-refractivity contribution >= 4 is 12.1 Å². The molecule has 6 nitrogen and oxygen atoms in total. The molecule has 1 amide bonds. The van der Waals surface area contributed by atoms with E-state index in [1.54, 1.807) is 0 Å². The first-order valence-corrected chi connectivity index (χ1v) is 9.91. The van der Waals surface area contributed by atoms with Crippen molar-refractivity contribution in [2.75, 3.05) is 7.11 Å². The molecule has 1 fully saturated rings. The third-order valence-corrected chi connectivity index (χ3v) is 5.14. The molecular weight excluding hydrogens is 559 g/mol. The first kappa shape index (κ1) is 27.1. The number of amides is 1. The Hall–Kier alpha value is 0.142. The van der Waals surface area contributed by atoms with E-state index in [1.807, 2.05) is 20.8 Å². The van der Waals surface area contributed by atoms with Crippen LogP contribution < -0.4 is 5.32 Å². The van der Waals surface area contributed by atoms with Crippen molar-refractivity contribution < 1.29 is 63.1 Å². The zero-order valence-electron chi connectivity index (χ0n) is 17.8. The van der Waals surface area contributed by atoms with Crippen molar-refractivity contribution in [3.05, 3.63) is 5.73 Å². The van der Waals surface area contributed by atoms with Crippen molar-refractivity contribution in [1.82, 2.24) is 5.32 Å². The van der Waals surface area contributed by atoms with E-state index in [0.29, 0.717) is 12.8 Å². The van der Waals surface area contributed by atoms with Crippen LogP contribution in [0.3, 0.4) is 0 Å². The molecule has 27 heavy (non-hydrogen) atoms. The summed E-state index contributed by atoms with van der Waals surface area (Å²) in [5, 5.41) is 2.93. The van der Waals surface area contributed by atoms with E-state index in [0.717, 1.165) is 25.7 Å². The van der Waals surface area contributed by atoms with Gasteiger partial charge in [0.15, 0.2) is 0 Å². The summed E-state index contributed by atoms with van der Waals surface area (Å²) in [7, 11) is 1.39. The number of rotatable bonds is 8. The Kier molecular flexibility index (Phi) is 12.7. The molecule has 1 rings (SSSR count). The number of carbonyl (C=O) groups is 2. The van der Waals surface area contributed by atoms with E-state index >= 15 is 0 Å². The molecule has 0 aromatic rings. The number of hydrogen-bond donors (Lipinski definition) is 1. The summed E-state index contributed by atoms with van der Waals surface area (Å²) in [5.74, 6) is -0.288. The van der Waals surface area contributed by atoms with Crippen molar-refractivity contribution in [3.8, 4) is 0 Å². The van der Waals surface area contributed by atoms with Crippen molar-refractivity contribution in [3.63, 3.8) is 0 Å². The van der Waals surface area contributed by atoms with Gasteiger partial charge < -0.3 is 20.5 Å². The molecule has 1 aliphatic carbocycles. The molecule has 7 heteroatoms. The fourth-order valence-electron chi connectivity index (χ4n) is 4.05. The van der Waals surface area contributed by atoms with Crippen LogP contribution in [0.5, 0.6) is 0 Å². The molecule has 0 spiro atoms. The van der Waals surface area contributed by atoms with Gasteiger partial charge in [-0.25, -0.2) is 4.79 Å². The Labute approximate surface area is 200 Å². The van der Waals surface area contributed by atoms with Gasteiger partial charge >= 0.3 is 12.1 Å². The summed E-state index contributed by atoms with van der Waals surface area (Å²) in [6.07, 6.45) is 4.70. The van der Waals surface area contributed by atoms with Crippen LogP contribution in [0.1, 0.15) is 73.1 Å². The Morgan fingerprint density at radius 1 is 1.15 bits per heavy atom. The minimum atomic E-state index is -0.576. The summed E-state index contributed by atoms with van der Waals surface area (Å²) in [6.45, 7) is 9.74. The zero-order chi connectivity index (χ0) is 19.9. The maximum Gasteiger partial charge on any atom is 0.407 e. The standard InChI is InChI=1S/C20H37N2O4.Ac/c1-7-9-13(10-8-2)17(21)15-11-14(18(23)25-6)12-16(15)22-19(24)26-20(3,4)5;/h13-17,21H,7-12H2,1-6H3,(H,22,24);/q-1;/t14-,15-,16-,17?;/m1./s1. The Bertz CT molecular complexity index is 461. The van der Waals surface area contributed by atoms with Gasteiger partial charge in [0.1, 0.15) is 5.60 Å². The molecule has 155 valence electrons. The Morgan fingerprint density at radius 3 is 2.15 bits per heavy atom. The number of methoxy groups -OCH3 is 1. The summed E-state index contributed by atoms with van der Waals surface area (Å²) in [6, 6.07) is -0.530. The summed E-state index contributed by atoms with van der Waals surface area (Å²) >= 11 is 0. The third-order valence-electron chi connectivity index (χ3n) is 5.14. The van der Waals surface area contributed by atoms with E-state index in [4.69, 9.17) is 15.2 Å². The van der Waals surface area contributed by atoms with Crippen LogP contribution in [0.25, 0.3) is 5.73 Å². The van der Waals surface area contributed by atoms with Crippen LogP contribution in [-0.4, -0.2) is 36.9 Å². The molecule has 0 aliphatic heterocycles. The second kappa shape index (κ2) is 12.7. The predicted octanol–water partition coefficient (Wildman–Crippen LogP) is 4.72. The van der Waals surface area contributed by atoms with Crippen molar-refractivity contribution in [2.24, 2.45) is 17.8 Å².